The zero-order valence-corrected chi connectivity index (χ0v) is 13.9. The maximum Gasteiger partial charge on any atom is 0.274 e. The van der Waals surface area contributed by atoms with E-state index in [1.165, 1.54) is 11.3 Å². The van der Waals surface area contributed by atoms with E-state index in [9.17, 15) is 4.79 Å². The third kappa shape index (κ3) is 2.59. The lowest BCUT2D eigenvalue weighted by Gasteiger charge is -2.03. The summed E-state index contributed by atoms with van der Waals surface area (Å²) in [6.45, 7) is 0. The lowest BCUT2D eigenvalue weighted by atomic mass is 10.2. The fraction of sp³-hybridized carbons (Fsp3) is 0.0526. The number of carbonyl (C=O) groups is 1. The van der Waals surface area contributed by atoms with Gasteiger partial charge in [0.15, 0.2) is 5.13 Å². The number of aryl methyl sites for hydroxylation is 1. The number of thiazole rings is 1. The first-order chi connectivity index (χ1) is 11.7. The second kappa shape index (κ2) is 5.94. The molecule has 0 aliphatic rings. The standard InChI is InChI=1S/C19H15N3OS/c1-22-16-10-6-5-9-14(16)11-17(22)18(23)21-19-20-15(12-24-19)13-7-3-2-4-8-13/h2-12H,1H3,(H,20,21,23). The first-order valence-corrected chi connectivity index (χ1v) is 8.47. The maximum atomic E-state index is 12.6. The van der Waals surface area contributed by atoms with E-state index < -0.39 is 0 Å². The minimum absolute atomic E-state index is 0.150. The van der Waals surface area contributed by atoms with E-state index in [-0.39, 0.29) is 5.91 Å². The Morgan fingerprint density at radius 2 is 1.83 bits per heavy atom. The molecule has 0 bridgehead atoms. The van der Waals surface area contributed by atoms with Crippen molar-refractivity contribution in [3.05, 3.63) is 71.7 Å². The van der Waals surface area contributed by atoms with Crippen molar-refractivity contribution in [2.75, 3.05) is 5.32 Å². The number of benzene rings is 2. The van der Waals surface area contributed by atoms with Crippen molar-refractivity contribution in [1.29, 1.82) is 0 Å². The number of nitrogens with one attached hydrogen (secondary N) is 1. The van der Waals surface area contributed by atoms with Gasteiger partial charge in [0.25, 0.3) is 5.91 Å². The highest BCUT2D eigenvalue weighted by atomic mass is 32.1. The normalized spacial score (nSPS) is 10.9. The van der Waals surface area contributed by atoms with Crippen LogP contribution in [0.2, 0.25) is 0 Å². The van der Waals surface area contributed by atoms with Crippen molar-refractivity contribution in [2.24, 2.45) is 7.05 Å². The molecule has 0 fully saturated rings. The van der Waals surface area contributed by atoms with Crippen LogP contribution in [0.25, 0.3) is 22.2 Å². The fourth-order valence-corrected chi connectivity index (χ4v) is 3.46. The smallest absolute Gasteiger partial charge is 0.274 e. The molecule has 0 aliphatic heterocycles. The Hall–Kier alpha value is -2.92. The van der Waals surface area contributed by atoms with Crippen LogP contribution in [0.4, 0.5) is 5.13 Å². The highest BCUT2D eigenvalue weighted by Gasteiger charge is 2.15. The summed E-state index contributed by atoms with van der Waals surface area (Å²) in [7, 11) is 1.90. The number of nitrogens with zero attached hydrogens (tertiary/aromatic N) is 2. The summed E-state index contributed by atoms with van der Waals surface area (Å²) >= 11 is 1.43. The molecule has 0 atom stereocenters. The first-order valence-electron chi connectivity index (χ1n) is 7.59. The summed E-state index contributed by atoms with van der Waals surface area (Å²) in [6, 6.07) is 19.8. The monoisotopic (exact) mass is 333 g/mol. The van der Waals surface area contributed by atoms with Gasteiger partial charge in [-0.2, -0.15) is 0 Å². The molecule has 24 heavy (non-hydrogen) atoms. The molecule has 4 rings (SSSR count). The Morgan fingerprint density at radius 3 is 2.62 bits per heavy atom. The van der Waals surface area contributed by atoms with Gasteiger partial charge in [-0.25, -0.2) is 4.98 Å². The summed E-state index contributed by atoms with van der Waals surface area (Å²) in [5, 5.41) is 6.50. The lowest BCUT2D eigenvalue weighted by Crippen LogP contribution is -2.15. The van der Waals surface area contributed by atoms with Gasteiger partial charge in [-0.05, 0) is 12.1 Å². The van der Waals surface area contributed by atoms with Gasteiger partial charge < -0.3 is 4.57 Å². The van der Waals surface area contributed by atoms with Crippen LogP contribution in [0.3, 0.4) is 0 Å². The average molecular weight is 333 g/mol. The van der Waals surface area contributed by atoms with Crippen LogP contribution in [0.15, 0.2) is 66.0 Å². The van der Waals surface area contributed by atoms with Crippen LogP contribution in [-0.2, 0) is 7.05 Å². The second-order valence-corrected chi connectivity index (χ2v) is 6.36. The van der Waals surface area contributed by atoms with E-state index in [0.29, 0.717) is 10.8 Å². The largest absolute Gasteiger partial charge is 0.340 e. The SMILES string of the molecule is Cn1c(C(=O)Nc2nc(-c3ccccc3)cs2)cc2ccccc21. The average Bonchev–Trinajstić information content (AvgIpc) is 3.21. The lowest BCUT2D eigenvalue weighted by molar-refractivity contribution is 0.102. The number of fused-ring (bicyclic) bond motifs is 1. The van der Waals surface area contributed by atoms with Crippen LogP contribution >= 0.6 is 11.3 Å². The number of hydrogen-bond donors (Lipinski definition) is 1. The Morgan fingerprint density at radius 1 is 1.08 bits per heavy atom. The molecule has 0 spiro atoms. The molecule has 118 valence electrons. The molecule has 5 heteroatoms. The van der Waals surface area contributed by atoms with E-state index in [2.05, 4.69) is 10.3 Å². The second-order valence-electron chi connectivity index (χ2n) is 5.51. The molecule has 0 aliphatic carbocycles. The van der Waals surface area contributed by atoms with Crippen LogP contribution < -0.4 is 5.32 Å². The summed E-state index contributed by atoms with van der Waals surface area (Å²) in [5.74, 6) is -0.150. The minimum Gasteiger partial charge on any atom is -0.340 e. The van der Waals surface area contributed by atoms with Gasteiger partial charge in [0.2, 0.25) is 0 Å². The molecule has 0 saturated carbocycles. The molecule has 4 nitrogen and oxygen atoms in total. The Bertz CT molecular complexity index is 1020. The fourth-order valence-electron chi connectivity index (χ4n) is 2.74. The van der Waals surface area contributed by atoms with Crippen molar-refractivity contribution < 1.29 is 4.79 Å². The number of carbonyl (C=O) groups excluding carboxylic acids is 1. The van der Waals surface area contributed by atoms with Crippen molar-refractivity contribution in [2.45, 2.75) is 0 Å². The number of amides is 1. The summed E-state index contributed by atoms with van der Waals surface area (Å²) in [6.07, 6.45) is 0. The number of para-hydroxylation sites is 1. The third-order valence-electron chi connectivity index (χ3n) is 3.98. The van der Waals surface area contributed by atoms with E-state index in [4.69, 9.17) is 0 Å². The topological polar surface area (TPSA) is 46.9 Å². The molecule has 4 aromatic rings. The molecule has 1 N–H and O–H groups in total. The van der Waals surface area contributed by atoms with E-state index in [1.54, 1.807) is 0 Å². The molecular formula is C19H15N3OS. The third-order valence-corrected chi connectivity index (χ3v) is 4.74. The van der Waals surface area contributed by atoms with E-state index in [0.717, 1.165) is 22.2 Å². The number of anilines is 1. The molecule has 2 aromatic carbocycles. The summed E-state index contributed by atoms with van der Waals surface area (Å²) in [4.78, 5) is 17.1. The molecule has 1 amide bonds. The van der Waals surface area contributed by atoms with E-state index in [1.807, 2.05) is 77.7 Å². The highest BCUT2D eigenvalue weighted by Crippen LogP contribution is 2.25. The Kier molecular flexibility index (Phi) is 3.63. The van der Waals surface area contributed by atoms with Gasteiger partial charge in [0.1, 0.15) is 5.69 Å². The van der Waals surface area contributed by atoms with Crippen LogP contribution in [0.5, 0.6) is 0 Å². The van der Waals surface area contributed by atoms with Gasteiger partial charge in [0, 0.05) is 28.9 Å². The van der Waals surface area contributed by atoms with Crippen LogP contribution in [-0.4, -0.2) is 15.5 Å². The van der Waals surface area contributed by atoms with Gasteiger partial charge >= 0.3 is 0 Å². The predicted molar refractivity (Wildman–Crippen MR) is 98.4 cm³/mol. The van der Waals surface area contributed by atoms with E-state index >= 15 is 0 Å². The summed E-state index contributed by atoms with van der Waals surface area (Å²) in [5.41, 5.74) is 3.56. The summed E-state index contributed by atoms with van der Waals surface area (Å²) < 4.78 is 1.90. The minimum atomic E-state index is -0.150. The molecular weight excluding hydrogens is 318 g/mol. The quantitative estimate of drug-likeness (QED) is 0.598. The number of hydrogen-bond acceptors (Lipinski definition) is 3. The number of aromatic nitrogens is 2. The molecule has 2 heterocycles. The molecule has 2 aromatic heterocycles. The first kappa shape index (κ1) is 14.7. The predicted octanol–water partition coefficient (Wildman–Crippen LogP) is 4.55. The Balaban J connectivity index is 1.60. The van der Waals surface area contributed by atoms with Crippen LogP contribution in [0.1, 0.15) is 10.5 Å². The van der Waals surface area contributed by atoms with Gasteiger partial charge in [0.05, 0.1) is 5.69 Å². The van der Waals surface area contributed by atoms with Crippen molar-refractivity contribution in [3.63, 3.8) is 0 Å². The molecule has 0 radical (unpaired) electrons. The Labute approximate surface area is 143 Å². The zero-order chi connectivity index (χ0) is 16.5. The van der Waals surface area contributed by atoms with Gasteiger partial charge in [-0.15, -0.1) is 11.3 Å². The van der Waals surface area contributed by atoms with Gasteiger partial charge in [-0.3, -0.25) is 10.1 Å². The maximum absolute atomic E-state index is 12.6. The molecule has 0 unspecified atom stereocenters. The molecule has 0 saturated heterocycles. The van der Waals surface area contributed by atoms with Crippen molar-refractivity contribution in [3.8, 4) is 11.3 Å². The highest BCUT2D eigenvalue weighted by molar-refractivity contribution is 7.14. The van der Waals surface area contributed by atoms with Crippen LogP contribution in [0, 0.1) is 0 Å². The van der Waals surface area contributed by atoms with Crippen molar-refractivity contribution >= 4 is 33.3 Å². The number of rotatable bonds is 3. The zero-order valence-electron chi connectivity index (χ0n) is 13.1. The van der Waals surface area contributed by atoms with Crippen molar-refractivity contribution in [1.82, 2.24) is 9.55 Å². The van der Waals surface area contributed by atoms with Gasteiger partial charge in [-0.1, -0.05) is 48.5 Å².